The largest absolute Gasteiger partial charge is 0.103 e. The van der Waals surface area contributed by atoms with Gasteiger partial charge >= 0.3 is 0 Å². The lowest BCUT2D eigenvalue weighted by Gasteiger charge is -1.91. The zero-order valence-electron chi connectivity index (χ0n) is 6.27. The van der Waals surface area contributed by atoms with E-state index in [2.05, 4.69) is 19.6 Å². The quantitative estimate of drug-likeness (QED) is 0.505. The van der Waals surface area contributed by atoms with Crippen molar-refractivity contribution in [2.45, 2.75) is 32.6 Å². The maximum Gasteiger partial charge on any atom is -0.0205 e. The molecule has 1 saturated carbocycles. The Bertz CT molecular complexity index is 94.2. The summed E-state index contributed by atoms with van der Waals surface area (Å²) in [6, 6.07) is 0. The van der Waals surface area contributed by atoms with E-state index >= 15 is 0 Å². The average molecular weight is 124 g/mol. The van der Waals surface area contributed by atoms with Gasteiger partial charge in [-0.3, -0.25) is 0 Å². The molecule has 0 heteroatoms. The molecule has 0 spiro atoms. The third-order valence-corrected chi connectivity index (χ3v) is 2.21. The fourth-order valence-electron chi connectivity index (χ4n) is 1.36. The molecule has 0 aromatic heterocycles. The van der Waals surface area contributed by atoms with Crippen molar-refractivity contribution in [3.8, 4) is 0 Å². The summed E-state index contributed by atoms with van der Waals surface area (Å²) in [5.41, 5.74) is 0. The normalized spacial score (nSPS) is 32.1. The fraction of sp³-hybridized carbons (Fsp3) is 0.778. The van der Waals surface area contributed by atoms with Crippen LogP contribution in [0.5, 0.6) is 0 Å². The van der Waals surface area contributed by atoms with E-state index in [0.717, 1.165) is 11.8 Å². The minimum Gasteiger partial charge on any atom is -0.103 e. The van der Waals surface area contributed by atoms with Crippen LogP contribution in [-0.2, 0) is 0 Å². The number of unbranched alkanes of at least 4 members (excludes halogenated alkanes) is 1. The lowest BCUT2D eigenvalue weighted by Crippen LogP contribution is -1.78. The van der Waals surface area contributed by atoms with Crippen molar-refractivity contribution in [3.05, 3.63) is 12.7 Å². The molecule has 0 heterocycles. The van der Waals surface area contributed by atoms with E-state index in [-0.39, 0.29) is 0 Å². The van der Waals surface area contributed by atoms with Crippen LogP contribution < -0.4 is 0 Å². The molecule has 0 aromatic rings. The summed E-state index contributed by atoms with van der Waals surface area (Å²) in [6.45, 7) is 6.04. The first-order chi connectivity index (χ1) is 4.38. The van der Waals surface area contributed by atoms with Gasteiger partial charge in [0.1, 0.15) is 0 Å². The maximum atomic E-state index is 3.78. The number of hydrogen-bond acceptors (Lipinski definition) is 0. The van der Waals surface area contributed by atoms with Crippen molar-refractivity contribution in [1.29, 1.82) is 0 Å². The molecule has 0 aromatic carbocycles. The highest BCUT2D eigenvalue weighted by Gasteiger charge is 2.32. The lowest BCUT2D eigenvalue weighted by molar-refractivity contribution is 0.634. The van der Waals surface area contributed by atoms with Crippen molar-refractivity contribution >= 4 is 0 Å². The van der Waals surface area contributed by atoms with Crippen LogP contribution >= 0.6 is 0 Å². The Morgan fingerprint density at radius 1 is 1.67 bits per heavy atom. The molecule has 0 N–H and O–H groups in total. The molecule has 0 aliphatic heterocycles. The third kappa shape index (κ3) is 1.85. The smallest absolute Gasteiger partial charge is 0.0205 e. The molecule has 0 nitrogen and oxygen atoms in total. The van der Waals surface area contributed by atoms with Gasteiger partial charge in [-0.25, -0.2) is 0 Å². The van der Waals surface area contributed by atoms with Gasteiger partial charge in [0.05, 0.1) is 0 Å². The van der Waals surface area contributed by atoms with Crippen LogP contribution in [0.3, 0.4) is 0 Å². The standard InChI is InChI=1S/C9H16/c1-3-5-6-9-7-8(9)4-2/h4,8-9H,2-3,5-7H2,1H3/t8-,9+/m0/s1. The van der Waals surface area contributed by atoms with Crippen molar-refractivity contribution in [2.75, 3.05) is 0 Å². The van der Waals surface area contributed by atoms with Crippen LogP contribution in [0.4, 0.5) is 0 Å². The predicted octanol–water partition coefficient (Wildman–Crippen LogP) is 3.00. The van der Waals surface area contributed by atoms with Crippen molar-refractivity contribution in [1.82, 2.24) is 0 Å². The molecule has 1 aliphatic carbocycles. The molecule has 0 unspecified atom stereocenters. The van der Waals surface area contributed by atoms with Gasteiger partial charge in [-0.15, -0.1) is 6.58 Å². The summed E-state index contributed by atoms with van der Waals surface area (Å²) >= 11 is 0. The van der Waals surface area contributed by atoms with Crippen LogP contribution in [0, 0.1) is 11.8 Å². The molecule has 0 bridgehead atoms. The summed E-state index contributed by atoms with van der Waals surface area (Å²) < 4.78 is 0. The number of allylic oxidation sites excluding steroid dienone is 1. The molecule has 1 aliphatic rings. The van der Waals surface area contributed by atoms with Gasteiger partial charge in [0.2, 0.25) is 0 Å². The van der Waals surface area contributed by atoms with Gasteiger partial charge in [-0.1, -0.05) is 25.8 Å². The molecule has 0 amide bonds. The van der Waals surface area contributed by atoms with E-state index in [1.54, 1.807) is 0 Å². The minimum atomic E-state index is 0.886. The zero-order chi connectivity index (χ0) is 6.69. The number of rotatable bonds is 4. The van der Waals surface area contributed by atoms with E-state index in [9.17, 15) is 0 Å². The van der Waals surface area contributed by atoms with E-state index in [1.807, 2.05) is 0 Å². The second-order valence-electron chi connectivity index (χ2n) is 3.04. The van der Waals surface area contributed by atoms with Gasteiger partial charge < -0.3 is 0 Å². The van der Waals surface area contributed by atoms with Crippen LogP contribution in [0.1, 0.15) is 32.6 Å². The topological polar surface area (TPSA) is 0 Å². The fourth-order valence-corrected chi connectivity index (χ4v) is 1.36. The Morgan fingerprint density at radius 2 is 2.44 bits per heavy atom. The molecule has 1 fully saturated rings. The average Bonchev–Trinajstić information content (AvgIpc) is 2.62. The summed E-state index contributed by atoms with van der Waals surface area (Å²) in [5.74, 6) is 1.90. The van der Waals surface area contributed by atoms with Crippen LogP contribution in [-0.4, -0.2) is 0 Å². The minimum absolute atomic E-state index is 0.886. The highest BCUT2D eigenvalue weighted by atomic mass is 14.4. The summed E-state index contributed by atoms with van der Waals surface area (Å²) in [7, 11) is 0. The highest BCUT2D eigenvalue weighted by molar-refractivity contribution is 4.97. The van der Waals surface area contributed by atoms with Gasteiger partial charge in [0.15, 0.2) is 0 Å². The Labute approximate surface area is 58.0 Å². The molecule has 2 atom stereocenters. The van der Waals surface area contributed by atoms with E-state index in [1.165, 1.54) is 25.7 Å². The van der Waals surface area contributed by atoms with Gasteiger partial charge in [-0.05, 0) is 24.7 Å². The Hall–Kier alpha value is -0.260. The first kappa shape index (κ1) is 6.85. The van der Waals surface area contributed by atoms with E-state index in [4.69, 9.17) is 0 Å². The molecule has 9 heavy (non-hydrogen) atoms. The monoisotopic (exact) mass is 124 g/mol. The summed E-state index contributed by atoms with van der Waals surface area (Å²) in [6.07, 6.45) is 7.73. The Kier molecular flexibility index (Phi) is 2.32. The molecule has 1 rings (SSSR count). The van der Waals surface area contributed by atoms with Crippen molar-refractivity contribution in [3.63, 3.8) is 0 Å². The highest BCUT2D eigenvalue weighted by Crippen LogP contribution is 2.42. The second-order valence-corrected chi connectivity index (χ2v) is 3.04. The van der Waals surface area contributed by atoms with Gasteiger partial charge in [-0.2, -0.15) is 0 Å². The molecule has 0 radical (unpaired) electrons. The van der Waals surface area contributed by atoms with Crippen molar-refractivity contribution < 1.29 is 0 Å². The lowest BCUT2D eigenvalue weighted by atomic mass is 10.1. The SMILES string of the molecule is C=C[C@H]1C[C@H]1CCCC. The van der Waals surface area contributed by atoms with Gasteiger partial charge in [0.25, 0.3) is 0 Å². The Balaban J connectivity index is 1.98. The predicted molar refractivity (Wildman–Crippen MR) is 41.3 cm³/mol. The summed E-state index contributed by atoms with van der Waals surface area (Å²) in [4.78, 5) is 0. The number of hydrogen-bond donors (Lipinski definition) is 0. The van der Waals surface area contributed by atoms with Crippen molar-refractivity contribution in [2.24, 2.45) is 11.8 Å². The maximum absolute atomic E-state index is 3.78. The summed E-state index contributed by atoms with van der Waals surface area (Å²) in [5, 5.41) is 0. The van der Waals surface area contributed by atoms with Gasteiger partial charge in [0, 0.05) is 0 Å². The zero-order valence-corrected chi connectivity index (χ0v) is 6.27. The van der Waals surface area contributed by atoms with Crippen LogP contribution in [0.25, 0.3) is 0 Å². The first-order valence-corrected chi connectivity index (χ1v) is 4.01. The second kappa shape index (κ2) is 3.05. The van der Waals surface area contributed by atoms with E-state index in [0.29, 0.717) is 0 Å². The van der Waals surface area contributed by atoms with Crippen LogP contribution in [0.15, 0.2) is 12.7 Å². The molecular weight excluding hydrogens is 108 g/mol. The molecule has 52 valence electrons. The first-order valence-electron chi connectivity index (χ1n) is 4.01. The van der Waals surface area contributed by atoms with E-state index < -0.39 is 0 Å². The van der Waals surface area contributed by atoms with Crippen LogP contribution in [0.2, 0.25) is 0 Å². The Morgan fingerprint density at radius 3 is 2.89 bits per heavy atom. The molecular formula is C9H16. The third-order valence-electron chi connectivity index (χ3n) is 2.21. The molecule has 0 saturated heterocycles.